The quantitative estimate of drug-likeness (QED) is 0.761. The van der Waals surface area contributed by atoms with Crippen molar-refractivity contribution < 1.29 is 19.8 Å². The predicted octanol–water partition coefficient (Wildman–Crippen LogP) is 1.27. The monoisotopic (exact) mass is 281 g/mol. The summed E-state index contributed by atoms with van der Waals surface area (Å²) >= 11 is 0. The second-order valence-electron chi connectivity index (χ2n) is 5.80. The molecule has 112 valence electrons. The minimum Gasteiger partial charge on any atom is -0.481 e. The van der Waals surface area contributed by atoms with Crippen LogP contribution in [0, 0.1) is 17.8 Å². The lowest BCUT2D eigenvalue weighted by molar-refractivity contribution is -0.151. The maximum Gasteiger partial charge on any atom is 0.307 e. The third-order valence-corrected chi connectivity index (χ3v) is 4.43. The van der Waals surface area contributed by atoms with Crippen molar-refractivity contribution >= 4 is 11.9 Å². The number of aliphatic hydroxyl groups is 1. The van der Waals surface area contributed by atoms with Crippen LogP contribution in [0.4, 0.5) is 0 Å². The summed E-state index contributed by atoms with van der Waals surface area (Å²) in [5.74, 6) is -1.57. The lowest BCUT2D eigenvalue weighted by Gasteiger charge is -2.36. The van der Waals surface area contributed by atoms with Crippen LogP contribution >= 0.6 is 0 Å². The zero-order valence-corrected chi connectivity index (χ0v) is 11.7. The third-order valence-electron chi connectivity index (χ3n) is 4.43. The molecule has 0 aromatic carbocycles. The zero-order valence-electron chi connectivity index (χ0n) is 11.7. The molecule has 1 heterocycles. The molecule has 0 saturated carbocycles. The fourth-order valence-electron chi connectivity index (χ4n) is 3.28. The van der Waals surface area contributed by atoms with Gasteiger partial charge in [-0.05, 0) is 38.0 Å². The number of allylic oxidation sites excluding steroid dienone is 2. The lowest BCUT2D eigenvalue weighted by Crippen LogP contribution is -2.46. The minimum atomic E-state index is -0.878. The summed E-state index contributed by atoms with van der Waals surface area (Å²) in [6, 6.07) is 0. The molecule has 1 unspecified atom stereocenters. The SMILES string of the molecule is O=C(O)[C@H]1CC=CC[C@H]1C(=O)N1CCCC(CCO)C1. The first-order chi connectivity index (χ1) is 9.63. The Morgan fingerprint density at radius 3 is 2.55 bits per heavy atom. The molecule has 0 bridgehead atoms. The molecule has 0 spiro atoms. The molecule has 1 amide bonds. The number of rotatable bonds is 4. The van der Waals surface area contributed by atoms with Crippen LogP contribution in [0.1, 0.15) is 32.1 Å². The molecule has 0 aromatic rings. The van der Waals surface area contributed by atoms with Gasteiger partial charge >= 0.3 is 5.97 Å². The molecule has 2 rings (SSSR count). The van der Waals surface area contributed by atoms with Gasteiger partial charge in [-0.1, -0.05) is 12.2 Å². The number of amides is 1. The lowest BCUT2D eigenvalue weighted by atomic mass is 9.81. The van der Waals surface area contributed by atoms with Gasteiger partial charge in [-0.25, -0.2) is 0 Å². The van der Waals surface area contributed by atoms with E-state index in [0.29, 0.717) is 31.8 Å². The highest BCUT2D eigenvalue weighted by molar-refractivity contribution is 5.85. The van der Waals surface area contributed by atoms with Crippen LogP contribution in [0.2, 0.25) is 0 Å². The molecule has 1 saturated heterocycles. The minimum absolute atomic E-state index is 0.0237. The maximum atomic E-state index is 12.6. The fourth-order valence-corrected chi connectivity index (χ4v) is 3.28. The van der Waals surface area contributed by atoms with Crippen molar-refractivity contribution in [3.63, 3.8) is 0 Å². The number of aliphatic hydroxyl groups excluding tert-OH is 1. The first kappa shape index (κ1) is 15.0. The Balaban J connectivity index is 2.02. The largest absolute Gasteiger partial charge is 0.481 e. The molecule has 3 atom stereocenters. The van der Waals surface area contributed by atoms with Gasteiger partial charge < -0.3 is 15.1 Å². The van der Waals surface area contributed by atoms with Crippen molar-refractivity contribution in [1.29, 1.82) is 0 Å². The van der Waals surface area contributed by atoms with Crippen LogP contribution in [0.5, 0.6) is 0 Å². The van der Waals surface area contributed by atoms with Crippen molar-refractivity contribution in [1.82, 2.24) is 4.90 Å². The van der Waals surface area contributed by atoms with E-state index >= 15 is 0 Å². The van der Waals surface area contributed by atoms with E-state index in [4.69, 9.17) is 5.11 Å². The highest BCUT2D eigenvalue weighted by Crippen LogP contribution is 2.29. The van der Waals surface area contributed by atoms with Crippen molar-refractivity contribution in [2.75, 3.05) is 19.7 Å². The highest BCUT2D eigenvalue weighted by atomic mass is 16.4. The Morgan fingerprint density at radius 1 is 1.20 bits per heavy atom. The molecule has 5 nitrogen and oxygen atoms in total. The Bertz CT molecular complexity index is 391. The van der Waals surface area contributed by atoms with E-state index in [1.807, 2.05) is 17.1 Å². The predicted molar refractivity (Wildman–Crippen MR) is 74.0 cm³/mol. The number of carboxylic acids is 1. The Labute approximate surface area is 119 Å². The number of hydrogen-bond donors (Lipinski definition) is 2. The number of nitrogens with zero attached hydrogens (tertiary/aromatic N) is 1. The number of aliphatic carboxylic acids is 1. The van der Waals surface area contributed by atoms with Gasteiger partial charge in [-0.3, -0.25) is 9.59 Å². The number of carboxylic acid groups (broad SMARTS) is 1. The van der Waals surface area contributed by atoms with E-state index in [9.17, 15) is 14.7 Å². The number of likely N-dealkylation sites (tertiary alicyclic amines) is 1. The summed E-state index contributed by atoms with van der Waals surface area (Å²) in [5.41, 5.74) is 0. The number of piperidine rings is 1. The second kappa shape index (κ2) is 6.88. The average Bonchev–Trinajstić information content (AvgIpc) is 2.47. The average molecular weight is 281 g/mol. The second-order valence-corrected chi connectivity index (χ2v) is 5.80. The molecule has 20 heavy (non-hydrogen) atoms. The Kier molecular flexibility index (Phi) is 5.17. The van der Waals surface area contributed by atoms with Gasteiger partial charge in [0.15, 0.2) is 0 Å². The summed E-state index contributed by atoms with van der Waals surface area (Å²) in [6.07, 6.45) is 7.44. The topological polar surface area (TPSA) is 77.8 Å². The van der Waals surface area contributed by atoms with Gasteiger partial charge in [0.25, 0.3) is 0 Å². The van der Waals surface area contributed by atoms with Crippen molar-refractivity contribution in [2.45, 2.75) is 32.1 Å². The molecular formula is C15H23NO4. The smallest absolute Gasteiger partial charge is 0.307 e. The molecule has 5 heteroatoms. The summed E-state index contributed by atoms with van der Waals surface area (Å²) in [5, 5.41) is 18.3. The Hall–Kier alpha value is -1.36. The van der Waals surface area contributed by atoms with E-state index in [1.165, 1.54) is 0 Å². The molecule has 0 radical (unpaired) electrons. The molecular weight excluding hydrogens is 258 g/mol. The first-order valence-electron chi connectivity index (χ1n) is 7.41. The van der Waals surface area contributed by atoms with E-state index in [0.717, 1.165) is 19.3 Å². The van der Waals surface area contributed by atoms with E-state index in [1.54, 1.807) is 0 Å². The third kappa shape index (κ3) is 3.39. The van der Waals surface area contributed by atoms with Gasteiger partial charge in [0, 0.05) is 19.7 Å². The van der Waals surface area contributed by atoms with Crippen LogP contribution in [0.15, 0.2) is 12.2 Å². The van der Waals surface area contributed by atoms with Crippen LogP contribution in [-0.2, 0) is 9.59 Å². The molecule has 1 aliphatic heterocycles. The van der Waals surface area contributed by atoms with Crippen LogP contribution in [0.25, 0.3) is 0 Å². The summed E-state index contributed by atoms with van der Waals surface area (Å²) in [4.78, 5) is 25.7. The van der Waals surface area contributed by atoms with Gasteiger partial charge in [0.2, 0.25) is 5.91 Å². The number of hydrogen-bond acceptors (Lipinski definition) is 3. The van der Waals surface area contributed by atoms with E-state index in [-0.39, 0.29) is 12.5 Å². The van der Waals surface area contributed by atoms with Gasteiger partial charge in [0.05, 0.1) is 11.8 Å². The normalized spacial score (nSPS) is 30.2. The van der Waals surface area contributed by atoms with Gasteiger partial charge in [-0.2, -0.15) is 0 Å². The maximum absolute atomic E-state index is 12.6. The van der Waals surface area contributed by atoms with Gasteiger partial charge in [0.1, 0.15) is 0 Å². The van der Waals surface area contributed by atoms with E-state index < -0.39 is 17.8 Å². The standard InChI is InChI=1S/C15H23NO4/c17-9-7-11-4-3-8-16(10-11)14(18)12-5-1-2-6-13(12)15(19)20/h1-2,11-13,17H,3-10H2,(H,19,20)/t11?,12-,13+/m1/s1. The molecule has 1 aliphatic carbocycles. The highest BCUT2D eigenvalue weighted by Gasteiger charge is 2.37. The molecule has 1 fully saturated rings. The van der Waals surface area contributed by atoms with Crippen molar-refractivity contribution in [3.8, 4) is 0 Å². The van der Waals surface area contributed by atoms with Crippen molar-refractivity contribution in [3.05, 3.63) is 12.2 Å². The van der Waals surface area contributed by atoms with E-state index in [2.05, 4.69) is 0 Å². The van der Waals surface area contributed by atoms with Crippen LogP contribution in [0.3, 0.4) is 0 Å². The summed E-state index contributed by atoms with van der Waals surface area (Å²) < 4.78 is 0. The summed E-state index contributed by atoms with van der Waals surface area (Å²) in [6.45, 7) is 1.52. The summed E-state index contributed by atoms with van der Waals surface area (Å²) in [7, 11) is 0. The van der Waals surface area contributed by atoms with Crippen LogP contribution < -0.4 is 0 Å². The number of carbonyl (C=O) groups is 2. The van der Waals surface area contributed by atoms with Crippen molar-refractivity contribution in [2.24, 2.45) is 17.8 Å². The fraction of sp³-hybridized carbons (Fsp3) is 0.733. The van der Waals surface area contributed by atoms with Crippen LogP contribution in [-0.4, -0.2) is 46.7 Å². The molecule has 0 aromatic heterocycles. The molecule has 2 N–H and O–H groups in total. The van der Waals surface area contributed by atoms with Gasteiger partial charge in [-0.15, -0.1) is 0 Å². The number of carbonyl (C=O) groups excluding carboxylic acids is 1. The first-order valence-corrected chi connectivity index (χ1v) is 7.41. The zero-order chi connectivity index (χ0) is 14.5. The Morgan fingerprint density at radius 2 is 1.90 bits per heavy atom. The molecule has 2 aliphatic rings.